The summed E-state index contributed by atoms with van der Waals surface area (Å²) in [6.45, 7) is 6.79. The van der Waals surface area contributed by atoms with E-state index in [2.05, 4.69) is 18.7 Å². The number of likely N-dealkylation sites (N-methyl/N-ethyl adjacent to an activating group) is 2. The van der Waals surface area contributed by atoms with Gasteiger partial charge in [0, 0.05) is 20.1 Å². The van der Waals surface area contributed by atoms with Gasteiger partial charge in [-0.05, 0) is 12.5 Å². The van der Waals surface area contributed by atoms with Crippen molar-refractivity contribution in [2.24, 2.45) is 5.41 Å². The molecule has 1 heterocycles. The van der Waals surface area contributed by atoms with E-state index in [1.807, 2.05) is 19.0 Å². The highest BCUT2D eigenvalue weighted by Gasteiger charge is 2.28. The van der Waals surface area contributed by atoms with E-state index in [9.17, 15) is 4.79 Å². The number of hydrogen-bond acceptors (Lipinski definition) is 2. The molecule has 1 saturated heterocycles. The highest BCUT2D eigenvalue weighted by atomic mass is 16.2. The molecule has 3 heteroatoms. The van der Waals surface area contributed by atoms with E-state index in [4.69, 9.17) is 0 Å². The molecule has 3 nitrogen and oxygen atoms in total. The zero-order valence-corrected chi connectivity index (χ0v) is 8.42. The zero-order valence-electron chi connectivity index (χ0n) is 8.42. The van der Waals surface area contributed by atoms with Crippen molar-refractivity contribution in [1.82, 2.24) is 9.80 Å². The summed E-state index contributed by atoms with van der Waals surface area (Å²) < 4.78 is 0. The third-order valence-corrected chi connectivity index (χ3v) is 2.19. The lowest BCUT2D eigenvalue weighted by Gasteiger charge is -2.27. The molecule has 0 aliphatic carbocycles. The van der Waals surface area contributed by atoms with E-state index in [0.717, 1.165) is 13.1 Å². The minimum atomic E-state index is 0.218. The maximum Gasteiger partial charge on any atom is 0.236 e. The summed E-state index contributed by atoms with van der Waals surface area (Å²) in [4.78, 5) is 15.3. The minimum absolute atomic E-state index is 0.218. The number of rotatable bonds is 0. The molecule has 0 aromatic heterocycles. The average Bonchev–Trinajstić information content (AvgIpc) is 1.89. The van der Waals surface area contributed by atoms with Crippen molar-refractivity contribution in [3.63, 3.8) is 0 Å². The lowest BCUT2D eigenvalue weighted by atomic mass is 9.93. The molecule has 1 aliphatic heterocycles. The van der Waals surface area contributed by atoms with E-state index < -0.39 is 0 Å². The van der Waals surface area contributed by atoms with Crippen LogP contribution in [0.3, 0.4) is 0 Å². The molecular weight excluding hydrogens is 152 g/mol. The van der Waals surface area contributed by atoms with Crippen LogP contribution in [-0.2, 0) is 4.79 Å². The van der Waals surface area contributed by atoms with Crippen molar-refractivity contribution >= 4 is 5.91 Å². The van der Waals surface area contributed by atoms with Gasteiger partial charge >= 0.3 is 0 Å². The van der Waals surface area contributed by atoms with Crippen LogP contribution in [0.2, 0.25) is 0 Å². The summed E-state index contributed by atoms with van der Waals surface area (Å²) in [7, 11) is 3.88. The maximum absolute atomic E-state index is 11.4. The molecule has 0 spiro atoms. The Morgan fingerprint density at radius 2 is 1.83 bits per heavy atom. The Balaban J connectivity index is 2.73. The molecule has 0 N–H and O–H groups in total. The second-order valence-corrected chi connectivity index (χ2v) is 4.59. The summed E-state index contributed by atoms with van der Waals surface area (Å²) in [5.41, 5.74) is 0.218. The first-order valence-electron chi connectivity index (χ1n) is 4.33. The third-order valence-electron chi connectivity index (χ3n) is 2.19. The van der Waals surface area contributed by atoms with Crippen molar-refractivity contribution in [2.75, 3.05) is 33.7 Å². The van der Waals surface area contributed by atoms with Crippen LogP contribution in [0.25, 0.3) is 0 Å². The average molecular weight is 170 g/mol. The van der Waals surface area contributed by atoms with Crippen molar-refractivity contribution in [1.29, 1.82) is 0 Å². The van der Waals surface area contributed by atoms with Crippen molar-refractivity contribution in [3.8, 4) is 0 Å². The fourth-order valence-corrected chi connectivity index (χ4v) is 1.92. The van der Waals surface area contributed by atoms with Crippen molar-refractivity contribution in [3.05, 3.63) is 0 Å². The molecule has 1 amide bonds. The monoisotopic (exact) mass is 170 g/mol. The number of carbonyl (C=O) groups is 1. The van der Waals surface area contributed by atoms with Crippen LogP contribution in [0.5, 0.6) is 0 Å². The number of amides is 1. The van der Waals surface area contributed by atoms with Crippen LogP contribution < -0.4 is 0 Å². The number of carbonyl (C=O) groups excluding carboxylic acids is 1. The van der Waals surface area contributed by atoms with Crippen molar-refractivity contribution in [2.45, 2.75) is 13.8 Å². The summed E-state index contributed by atoms with van der Waals surface area (Å²) in [5.74, 6) is 0.225. The van der Waals surface area contributed by atoms with Gasteiger partial charge in [0.1, 0.15) is 0 Å². The predicted octanol–water partition coefficient (Wildman–Crippen LogP) is 0.416. The Hall–Kier alpha value is -0.570. The SMILES string of the molecule is CN1CC(=O)N(C)CC(C)(C)C1. The molecule has 0 aromatic carbocycles. The lowest BCUT2D eigenvalue weighted by Crippen LogP contribution is -2.34. The van der Waals surface area contributed by atoms with Gasteiger partial charge < -0.3 is 4.90 Å². The van der Waals surface area contributed by atoms with Gasteiger partial charge in [0.25, 0.3) is 0 Å². The Morgan fingerprint density at radius 1 is 1.25 bits per heavy atom. The van der Waals surface area contributed by atoms with Gasteiger partial charge in [0.15, 0.2) is 0 Å². The zero-order chi connectivity index (χ0) is 9.35. The Kier molecular flexibility index (Phi) is 2.42. The highest BCUT2D eigenvalue weighted by molar-refractivity contribution is 5.78. The first kappa shape index (κ1) is 9.52. The van der Waals surface area contributed by atoms with Crippen LogP contribution >= 0.6 is 0 Å². The molecule has 1 rings (SSSR count). The number of hydrogen-bond donors (Lipinski definition) is 0. The molecule has 12 heavy (non-hydrogen) atoms. The van der Waals surface area contributed by atoms with E-state index in [1.165, 1.54) is 0 Å². The summed E-state index contributed by atoms with van der Waals surface area (Å²) in [6, 6.07) is 0. The van der Waals surface area contributed by atoms with Crippen LogP contribution in [0.1, 0.15) is 13.8 Å². The fraction of sp³-hybridized carbons (Fsp3) is 0.889. The second kappa shape index (κ2) is 3.05. The molecule has 1 fully saturated rings. The van der Waals surface area contributed by atoms with Gasteiger partial charge in [0.2, 0.25) is 5.91 Å². The summed E-state index contributed by atoms with van der Waals surface area (Å²) in [6.07, 6.45) is 0. The van der Waals surface area contributed by atoms with Gasteiger partial charge in [-0.1, -0.05) is 13.8 Å². The van der Waals surface area contributed by atoms with E-state index >= 15 is 0 Å². The van der Waals surface area contributed by atoms with E-state index in [1.54, 1.807) is 0 Å². The molecule has 0 saturated carbocycles. The number of nitrogens with zero attached hydrogens (tertiary/aromatic N) is 2. The third kappa shape index (κ3) is 2.21. The van der Waals surface area contributed by atoms with Gasteiger partial charge in [-0.15, -0.1) is 0 Å². The molecule has 0 unspecified atom stereocenters. The topological polar surface area (TPSA) is 23.6 Å². The molecule has 0 atom stereocenters. The summed E-state index contributed by atoms with van der Waals surface area (Å²) in [5, 5.41) is 0. The molecule has 0 aromatic rings. The highest BCUT2D eigenvalue weighted by Crippen LogP contribution is 2.20. The standard InChI is InChI=1S/C9H18N2O/c1-9(2)6-10(3)5-8(12)11(4)7-9/h5-7H2,1-4H3. The first-order chi connectivity index (χ1) is 5.41. The first-order valence-corrected chi connectivity index (χ1v) is 4.33. The van der Waals surface area contributed by atoms with Crippen LogP contribution in [0.4, 0.5) is 0 Å². The molecule has 0 bridgehead atoms. The molecule has 1 aliphatic rings. The van der Waals surface area contributed by atoms with Crippen molar-refractivity contribution < 1.29 is 4.79 Å². The van der Waals surface area contributed by atoms with Crippen LogP contribution in [0.15, 0.2) is 0 Å². The normalized spacial score (nSPS) is 25.7. The molecule has 70 valence electrons. The molecule has 0 radical (unpaired) electrons. The maximum atomic E-state index is 11.4. The van der Waals surface area contributed by atoms with Gasteiger partial charge in [-0.3, -0.25) is 9.69 Å². The van der Waals surface area contributed by atoms with Gasteiger partial charge in [0.05, 0.1) is 6.54 Å². The van der Waals surface area contributed by atoms with Crippen LogP contribution in [0, 0.1) is 5.41 Å². The Morgan fingerprint density at radius 3 is 2.42 bits per heavy atom. The van der Waals surface area contributed by atoms with E-state index in [-0.39, 0.29) is 11.3 Å². The van der Waals surface area contributed by atoms with Gasteiger partial charge in [-0.2, -0.15) is 0 Å². The van der Waals surface area contributed by atoms with E-state index in [0.29, 0.717) is 6.54 Å². The molecular formula is C9H18N2O. The Labute approximate surface area is 74.3 Å². The second-order valence-electron chi connectivity index (χ2n) is 4.59. The Bertz CT molecular complexity index is 189. The van der Waals surface area contributed by atoms with Gasteiger partial charge in [-0.25, -0.2) is 0 Å². The lowest BCUT2D eigenvalue weighted by molar-refractivity contribution is -0.130. The summed E-state index contributed by atoms with van der Waals surface area (Å²) >= 11 is 0. The minimum Gasteiger partial charge on any atom is -0.344 e. The van der Waals surface area contributed by atoms with Crippen LogP contribution in [-0.4, -0.2) is 49.4 Å². The fourth-order valence-electron chi connectivity index (χ4n) is 1.92. The largest absolute Gasteiger partial charge is 0.344 e. The predicted molar refractivity (Wildman–Crippen MR) is 48.9 cm³/mol. The smallest absolute Gasteiger partial charge is 0.236 e. The quantitative estimate of drug-likeness (QED) is 0.526.